The van der Waals surface area contributed by atoms with Crippen molar-refractivity contribution in [3.05, 3.63) is 161 Å². The molecule has 5 aromatic carbocycles. The second kappa shape index (κ2) is 9.98. The number of ether oxygens (including phenoxy) is 1. The van der Waals surface area contributed by atoms with Crippen LogP contribution < -0.4 is 4.74 Å². The molecule has 2 nitrogen and oxygen atoms in total. The molecule has 0 bridgehead atoms. The van der Waals surface area contributed by atoms with E-state index < -0.39 is 0 Å². The van der Waals surface area contributed by atoms with Gasteiger partial charge < -0.3 is 9.30 Å². The molecule has 3 aliphatic carbocycles. The lowest BCUT2D eigenvalue weighted by Gasteiger charge is -2.46. The van der Waals surface area contributed by atoms with Crippen LogP contribution in [0.4, 0.5) is 0 Å². The Morgan fingerprint density at radius 2 is 1.45 bits per heavy atom. The monoisotopic (exact) mass is 635 g/mol. The topological polar surface area (TPSA) is 14.2 Å². The molecular formula is C47H41NO. The smallest absolute Gasteiger partial charge is 0.126 e. The van der Waals surface area contributed by atoms with E-state index in [1.54, 1.807) is 0 Å². The van der Waals surface area contributed by atoms with E-state index in [0.717, 1.165) is 25.0 Å². The highest BCUT2D eigenvalue weighted by molar-refractivity contribution is 6.07. The molecular weight excluding hydrogens is 595 g/mol. The van der Waals surface area contributed by atoms with Crippen molar-refractivity contribution in [2.24, 2.45) is 0 Å². The molecule has 1 aliphatic heterocycles. The first-order valence-corrected chi connectivity index (χ1v) is 17.9. The zero-order valence-electron chi connectivity index (χ0n) is 28.8. The molecule has 0 saturated carbocycles. The largest absolute Gasteiger partial charge is 0.485 e. The zero-order chi connectivity index (χ0) is 33.1. The van der Waals surface area contributed by atoms with Crippen molar-refractivity contribution in [3.63, 3.8) is 0 Å². The van der Waals surface area contributed by atoms with Crippen LogP contribution in [-0.4, -0.2) is 10.2 Å². The van der Waals surface area contributed by atoms with Crippen LogP contribution in [0.3, 0.4) is 0 Å². The fourth-order valence-electron chi connectivity index (χ4n) is 10.00. The minimum atomic E-state index is -0.385. The lowest BCUT2D eigenvalue weighted by molar-refractivity contribution is 0.0234. The van der Waals surface area contributed by atoms with Crippen LogP contribution in [0.2, 0.25) is 0 Å². The van der Waals surface area contributed by atoms with Gasteiger partial charge in [-0.3, -0.25) is 0 Å². The van der Waals surface area contributed by atoms with Crippen LogP contribution in [-0.2, 0) is 17.3 Å². The fraction of sp³-hybridized carbons (Fsp3) is 0.234. The Bertz CT molecular complexity index is 2420. The van der Waals surface area contributed by atoms with Crippen LogP contribution in [0.25, 0.3) is 44.9 Å². The number of aromatic nitrogens is 1. The lowest BCUT2D eigenvalue weighted by Crippen LogP contribution is -2.52. The third-order valence-corrected chi connectivity index (χ3v) is 12.7. The van der Waals surface area contributed by atoms with Gasteiger partial charge in [0.1, 0.15) is 11.4 Å². The first-order valence-electron chi connectivity index (χ1n) is 17.9. The Morgan fingerprint density at radius 1 is 0.694 bits per heavy atom. The Kier molecular flexibility index (Phi) is 5.89. The summed E-state index contributed by atoms with van der Waals surface area (Å²) in [6.45, 7) is 9.54. The molecule has 3 atom stereocenters. The molecule has 2 heteroatoms. The molecule has 6 aromatic rings. The van der Waals surface area contributed by atoms with Gasteiger partial charge in [0, 0.05) is 39.1 Å². The average Bonchev–Trinajstić information content (AvgIpc) is 3.57. The number of fused-ring (bicyclic) bond motifs is 12. The number of nitrogens with zero attached hydrogens (tertiary/aromatic N) is 1. The number of para-hydroxylation sites is 1. The summed E-state index contributed by atoms with van der Waals surface area (Å²) < 4.78 is 9.48. The summed E-state index contributed by atoms with van der Waals surface area (Å²) in [5, 5.41) is 1.40. The van der Waals surface area contributed by atoms with Crippen LogP contribution in [0.5, 0.6) is 5.75 Å². The summed E-state index contributed by atoms with van der Waals surface area (Å²) in [6, 6.07) is 40.9. The predicted molar refractivity (Wildman–Crippen MR) is 203 cm³/mol. The first kappa shape index (κ1) is 28.9. The summed E-state index contributed by atoms with van der Waals surface area (Å²) >= 11 is 0. The highest BCUT2D eigenvalue weighted by atomic mass is 16.5. The van der Waals surface area contributed by atoms with Crippen molar-refractivity contribution >= 4 is 17.0 Å². The Balaban J connectivity index is 1.20. The van der Waals surface area contributed by atoms with Crippen molar-refractivity contribution in [1.29, 1.82) is 0 Å². The predicted octanol–water partition coefficient (Wildman–Crippen LogP) is 11.7. The molecule has 0 amide bonds. The maximum Gasteiger partial charge on any atom is 0.126 e. The second-order valence-electron chi connectivity index (χ2n) is 15.5. The molecule has 0 N–H and O–H groups in total. The van der Waals surface area contributed by atoms with E-state index in [2.05, 4.69) is 166 Å². The summed E-state index contributed by atoms with van der Waals surface area (Å²) in [5.41, 5.74) is 15.4. The third-order valence-electron chi connectivity index (χ3n) is 12.7. The number of aryl methyl sites for hydroxylation is 1. The van der Waals surface area contributed by atoms with E-state index in [1.807, 2.05) is 0 Å². The second-order valence-corrected chi connectivity index (χ2v) is 15.5. The van der Waals surface area contributed by atoms with Gasteiger partial charge in [0.25, 0.3) is 0 Å². The van der Waals surface area contributed by atoms with Crippen molar-refractivity contribution in [3.8, 4) is 33.7 Å². The van der Waals surface area contributed by atoms with Crippen LogP contribution >= 0.6 is 0 Å². The number of hydrogen-bond acceptors (Lipinski definition) is 1. The summed E-state index contributed by atoms with van der Waals surface area (Å²) in [4.78, 5) is 0. The molecule has 240 valence electrons. The molecule has 4 aliphatic rings. The first-order chi connectivity index (χ1) is 23.8. The van der Waals surface area contributed by atoms with Crippen LogP contribution in [0, 0.1) is 0 Å². The van der Waals surface area contributed by atoms with Gasteiger partial charge >= 0.3 is 0 Å². The SMILES string of the molecule is CC1(C)c2ccccc2-c2ccccc2-c2c1ccc1c2c2c(n1-c1cccc(C3C=CCC4(C)c5ccccc5OC34C)c1)C=CCC2. The van der Waals surface area contributed by atoms with Crippen molar-refractivity contribution in [2.75, 3.05) is 0 Å². The van der Waals surface area contributed by atoms with E-state index in [4.69, 9.17) is 4.74 Å². The van der Waals surface area contributed by atoms with Gasteiger partial charge in [0.15, 0.2) is 0 Å². The van der Waals surface area contributed by atoms with Gasteiger partial charge in [-0.05, 0) is 101 Å². The van der Waals surface area contributed by atoms with Crippen LogP contribution in [0.1, 0.15) is 80.0 Å². The highest BCUT2D eigenvalue weighted by Gasteiger charge is 2.58. The van der Waals surface area contributed by atoms with Gasteiger partial charge in [-0.15, -0.1) is 0 Å². The number of benzene rings is 5. The highest BCUT2D eigenvalue weighted by Crippen LogP contribution is 2.59. The molecule has 2 heterocycles. The minimum Gasteiger partial charge on any atom is -0.485 e. The molecule has 10 rings (SSSR count). The Hall–Kier alpha value is -5.08. The Labute approximate surface area is 289 Å². The normalized spacial score (nSPS) is 23.8. The quantitative estimate of drug-likeness (QED) is 0.173. The van der Waals surface area contributed by atoms with Crippen molar-refractivity contribution < 1.29 is 4.74 Å². The van der Waals surface area contributed by atoms with Gasteiger partial charge in [0.05, 0.1) is 5.52 Å². The average molecular weight is 636 g/mol. The fourth-order valence-corrected chi connectivity index (χ4v) is 10.00. The van der Waals surface area contributed by atoms with Gasteiger partial charge in [0.2, 0.25) is 0 Å². The molecule has 0 fully saturated rings. The van der Waals surface area contributed by atoms with E-state index in [0.29, 0.717) is 0 Å². The molecule has 1 aromatic heterocycles. The summed E-state index contributed by atoms with van der Waals surface area (Å²) in [6.07, 6.45) is 12.6. The van der Waals surface area contributed by atoms with Crippen LogP contribution in [0.15, 0.2) is 127 Å². The van der Waals surface area contributed by atoms with E-state index in [1.165, 1.54) is 72.4 Å². The maximum atomic E-state index is 6.94. The van der Waals surface area contributed by atoms with Crippen molar-refractivity contribution in [2.45, 2.75) is 69.3 Å². The van der Waals surface area contributed by atoms with Crippen molar-refractivity contribution in [1.82, 2.24) is 4.57 Å². The molecule has 49 heavy (non-hydrogen) atoms. The lowest BCUT2D eigenvalue weighted by atomic mass is 9.60. The third kappa shape index (κ3) is 3.72. The van der Waals surface area contributed by atoms with E-state index in [-0.39, 0.29) is 22.3 Å². The number of rotatable bonds is 2. The Morgan fingerprint density at radius 3 is 2.31 bits per heavy atom. The number of allylic oxidation sites excluding steroid dienone is 2. The van der Waals surface area contributed by atoms with E-state index >= 15 is 0 Å². The molecule has 0 spiro atoms. The molecule has 0 radical (unpaired) electrons. The zero-order valence-corrected chi connectivity index (χ0v) is 28.8. The standard InChI is InChI=1S/C47H41NO/c1-45(2)37-21-9-7-18-33(37)32-17-5-6-19-34(32)43-39(45)26-27-41-44(43)35-20-8-11-24-40(35)48(41)31-16-13-15-30(29-31)36-23-14-28-46(3)38-22-10-12-25-42(38)49-47(36,46)4/h5-7,9-19,21-27,29,36H,8,20,28H2,1-4H3. The van der Waals surface area contributed by atoms with Gasteiger partial charge in [-0.25, -0.2) is 0 Å². The molecule has 3 unspecified atom stereocenters. The summed E-state index contributed by atoms with van der Waals surface area (Å²) in [5.74, 6) is 1.15. The number of hydrogen-bond donors (Lipinski definition) is 0. The van der Waals surface area contributed by atoms with Gasteiger partial charge in [-0.1, -0.05) is 124 Å². The molecule has 0 saturated heterocycles. The van der Waals surface area contributed by atoms with E-state index in [9.17, 15) is 0 Å². The van der Waals surface area contributed by atoms with Gasteiger partial charge in [-0.2, -0.15) is 0 Å². The maximum absolute atomic E-state index is 6.94. The minimum absolute atomic E-state index is 0.101. The summed E-state index contributed by atoms with van der Waals surface area (Å²) in [7, 11) is 0.